The Morgan fingerprint density at radius 3 is 2.75 bits per heavy atom. The fraction of sp³-hybridized carbons (Fsp3) is 0.200. The number of pyridine rings is 3. The van der Waals surface area contributed by atoms with Crippen molar-refractivity contribution >= 4 is 16.7 Å². The molecule has 4 aromatic heterocycles. The molecule has 0 spiro atoms. The van der Waals surface area contributed by atoms with E-state index < -0.39 is 5.82 Å². The normalized spacial score (nSPS) is 14.5. The number of nitrogens with zero attached hydrogens (tertiary/aromatic N) is 5. The van der Waals surface area contributed by atoms with Gasteiger partial charge in [-0.2, -0.15) is 5.10 Å². The number of H-pyrrole nitrogens is 1. The first-order valence-corrected chi connectivity index (χ1v) is 9.16. The smallest absolute Gasteiger partial charge is 0.142 e. The van der Waals surface area contributed by atoms with E-state index in [1.165, 1.54) is 12.3 Å². The standard InChI is InChI=1S/C20H18FN7/c21-14-8-13(10-23-11-14)17-9-15-18(12-24-17)26-27-20(15)16-2-1-3-19(25-16)28-6-4-22-5-7-28/h1-3,8-12,22H,4-7H2,(H,26,27). The van der Waals surface area contributed by atoms with Crippen molar-refractivity contribution in [2.24, 2.45) is 0 Å². The molecule has 7 nitrogen and oxygen atoms in total. The van der Waals surface area contributed by atoms with Gasteiger partial charge >= 0.3 is 0 Å². The molecule has 0 atom stereocenters. The van der Waals surface area contributed by atoms with Crippen molar-refractivity contribution in [2.45, 2.75) is 0 Å². The molecule has 8 heteroatoms. The zero-order valence-corrected chi connectivity index (χ0v) is 15.1. The SMILES string of the molecule is Fc1cncc(-c2cc3c(-c4cccc(N5CCNCC5)n4)n[nH]c3cn2)c1. The van der Waals surface area contributed by atoms with E-state index in [2.05, 4.69) is 30.4 Å². The Balaban J connectivity index is 1.57. The highest BCUT2D eigenvalue weighted by Crippen LogP contribution is 2.29. The molecule has 1 aliphatic rings. The Labute approximate surface area is 160 Å². The van der Waals surface area contributed by atoms with Crippen LogP contribution in [0.5, 0.6) is 0 Å². The number of fused-ring (bicyclic) bond motifs is 1. The third-order valence-corrected chi connectivity index (χ3v) is 4.87. The Hall–Kier alpha value is -3.39. The van der Waals surface area contributed by atoms with Crippen LogP contribution in [-0.2, 0) is 0 Å². The molecule has 1 aliphatic heterocycles. The molecule has 28 heavy (non-hydrogen) atoms. The van der Waals surface area contributed by atoms with Crippen molar-refractivity contribution < 1.29 is 4.39 Å². The first-order chi connectivity index (χ1) is 13.8. The quantitative estimate of drug-likeness (QED) is 0.573. The van der Waals surface area contributed by atoms with Crippen molar-refractivity contribution in [3.63, 3.8) is 0 Å². The van der Waals surface area contributed by atoms with Crippen molar-refractivity contribution in [1.82, 2.24) is 30.5 Å². The molecule has 0 saturated carbocycles. The molecule has 0 unspecified atom stereocenters. The topological polar surface area (TPSA) is 82.6 Å². The minimum Gasteiger partial charge on any atom is -0.354 e. The van der Waals surface area contributed by atoms with Crippen LogP contribution in [0.4, 0.5) is 10.2 Å². The summed E-state index contributed by atoms with van der Waals surface area (Å²) in [5.41, 5.74) is 3.60. The third-order valence-electron chi connectivity index (χ3n) is 4.87. The Morgan fingerprint density at radius 2 is 1.89 bits per heavy atom. The predicted molar refractivity (Wildman–Crippen MR) is 105 cm³/mol. The molecule has 0 aromatic carbocycles. The fourth-order valence-electron chi connectivity index (χ4n) is 3.45. The number of hydrogen-bond donors (Lipinski definition) is 2. The van der Waals surface area contributed by atoms with E-state index in [1.54, 1.807) is 12.4 Å². The van der Waals surface area contributed by atoms with Gasteiger partial charge < -0.3 is 10.2 Å². The maximum atomic E-state index is 13.5. The molecule has 1 saturated heterocycles. The van der Waals surface area contributed by atoms with Gasteiger partial charge in [0.25, 0.3) is 0 Å². The molecule has 0 radical (unpaired) electrons. The molecule has 1 fully saturated rings. The van der Waals surface area contributed by atoms with Crippen molar-refractivity contribution in [2.75, 3.05) is 31.1 Å². The Kier molecular flexibility index (Phi) is 4.17. The summed E-state index contributed by atoms with van der Waals surface area (Å²) in [6, 6.07) is 9.28. The lowest BCUT2D eigenvalue weighted by molar-refractivity contribution is 0.585. The highest BCUT2D eigenvalue weighted by Gasteiger charge is 2.15. The second-order valence-electron chi connectivity index (χ2n) is 6.70. The average molecular weight is 375 g/mol. The van der Waals surface area contributed by atoms with Crippen LogP contribution < -0.4 is 10.2 Å². The van der Waals surface area contributed by atoms with Gasteiger partial charge in [0, 0.05) is 43.3 Å². The first kappa shape index (κ1) is 16.8. The molecular weight excluding hydrogens is 357 g/mol. The van der Waals surface area contributed by atoms with Gasteiger partial charge in [-0.1, -0.05) is 6.07 Å². The Morgan fingerprint density at radius 1 is 1.00 bits per heavy atom. The molecule has 0 aliphatic carbocycles. The van der Waals surface area contributed by atoms with Gasteiger partial charge in [0.2, 0.25) is 0 Å². The van der Waals surface area contributed by atoms with Crippen LogP contribution in [0.2, 0.25) is 0 Å². The molecule has 2 N–H and O–H groups in total. The molecular formula is C20H18FN7. The van der Waals surface area contributed by atoms with E-state index in [0.29, 0.717) is 11.3 Å². The summed E-state index contributed by atoms with van der Waals surface area (Å²) in [7, 11) is 0. The highest BCUT2D eigenvalue weighted by atomic mass is 19.1. The van der Waals surface area contributed by atoms with E-state index in [4.69, 9.17) is 4.98 Å². The van der Waals surface area contributed by atoms with Gasteiger partial charge in [-0.15, -0.1) is 0 Å². The second-order valence-corrected chi connectivity index (χ2v) is 6.70. The molecule has 0 bridgehead atoms. The van der Waals surface area contributed by atoms with Gasteiger partial charge in [0.05, 0.1) is 29.3 Å². The minimum absolute atomic E-state index is 0.391. The third kappa shape index (κ3) is 3.07. The van der Waals surface area contributed by atoms with Crippen molar-refractivity contribution in [1.29, 1.82) is 0 Å². The largest absolute Gasteiger partial charge is 0.354 e. The van der Waals surface area contributed by atoms with Gasteiger partial charge in [0.1, 0.15) is 17.3 Å². The van der Waals surface area contributed by atoms with E-state index in [9.17, 15) is 4.39 Å². The monoisotopic (exact) mass is 375 g/mol. The number of rotatable bonds is 3. The summed E-state index contributed by atoms with van der Waals surface area (Å²) in [6.07, 6.45) is 4.48. The highest BCUT2D eigenvalue weighted by molar-refractivity contribution is 5.93. The van der Waals surface area contributed by atoms with Gasteiger partial charge in [0.15, 0.2) is 0 Å². The maximum absolute atomic E-state index is 13.5. The van der Waals surface area contributed by atoms with Gasteiger partial charge in [-0.3, -0.25) is 15.1 Å². The molecule has 5 heterocycles. The van der Waals surface area contributed by atoms with Gasteiger partial charge in [-0.25, -0.2) is 9.37 Å². The summed E-state index contributed by atoms with van der Waals surface area (Å²) in [4.78, 5) is 15.4. The van der Waals surface area contributed by atoms with E-state index in [1.807, 2.05) is 24.3 Å². The van der Waals surface area contributed by atoms with Crippen LogP contribution in [0.3, 0.4) is 0 Å². The number of anilines is 1. The fourth-order valence-corrected chi connectivity index (χ4v) is 3.45. The molecule has 0 amide bonds. The second kappa shape index (κ2) is 6.97. The number of piperazine rings is 1. The Bertz CT molecular complexity index is 1130. The van der Waals surface area contributed by atoms with E-state index >= 15 is 0 Å². The minimum atomic E-state index is -0.391. The summed E-state index contributed by atoms with van der Waals surface area (Å²) in [6.45, 7) is 3.76. The zero-order valence-electron chi connectivity index (χ0n) is 15.1. The summed E-state index contributed by atoms with van der Waals surface area (Å²) >= 11 is 0. The first-order valence-electron chi connectivity index (χ1n) is 9.16. The lowest BCUT2D eigenvalue weighted by atomic mass is 10.1. The van der Waals surface area contributed by atoms with E-state index in [-0.39, 0.29) is 0 Å². The van der Waals surface area contributed by atoms with Crippen molar-refractivity contribution in [3.8, 4) is 22.6 Å². The lowest BCUT2D eigenvalue weighted by Crippen LogP contribution is -2.43. The number of hydrogen-bond acceptors (Lipinski definition) is 6. The summed E-state index contributed by atoms with van der Waals surface area (Å²) < 4.78 is 13.5. The van der Waals surface area contributed by atoms with Gasteiger partial charge in [-0.05, 0) is 24.3 Å². The van der Waals surface area contributed by atoms with Crippen LogP contribution in [0, 0.1) is 5.82 Å². The number of halogens is 1. The summed E-state index contributed by atoms with van der Waals surface area (Å²) in [5, 5.41) is 11.7. The van der Waals surface area contributed by atoms with Crippen LogP contribution in [0.1, 0.15) is 0 Å². The molecule has 4 aromatic rings. The number of nitrogens with one attached hydrogen (secondary N) is 2. The predicted octanol–water partition coefficient (Wildman–Crippen LogP) is 2.63. The zero-order chi connectivity index (χ0) is 18.9. The van der Waals surface area contributed by atoms with Crippen molar-refractivity contribution in [3.05, 3.63) is 54.7 Å². The van der Waals surface area contributed by atoms with Crippen LogP contribution in [0.15, 0.2) is 48.9 Å². The molecule has 140 valence electrons. The van der Waals surface area contributed by atoms with Crippen LogP contribution in [-0.4, -0.2) is 51.3 Å². The summed E-state index contributed by atoms with van der Waals surface area (Å²) in [5.74, 6) is 0.552. The lowest BCUT2D eigenvalue weighted by Gasteiger charge is -2.28. The maximum Gasteiger partial charge on any atom is 0.142 e. The number of aromatic amines is 1. The molecule has 5 rings (SSSR count). The van der Waals surface area contributed by atoms with E-state index in [0.717, 1.165) is 54.3 Å². The average Bonchev–Trinajstić information content (AvgIpc) is 3.18. The number of aromatic nitrogens is 5. The van der Waals surface area contributed by atoms with Crippen LogP contribution in [0.25, 0.3) is 33.5 Å². The van der Waals surface area contributed by atoms with Crippen LogP contribution >= 0.6 is 0 Å².